The molecule has 21 heavy (non-hydrogen) atoms. The van der Waals surface area contributed by atoms with Crippen molar-refractivity contribution in [2.24, 2.45) is 0 Å². The zero-order chi connectivity index (χ0) is 16.4. The second kappa shape index (κ2) is 5.63. The molecule has 116 valence electrons. The van der Waals surface area contributed by atoms with E-state index < -0.39 is 17.2 Å². The Morgan fingerprint density at radius 2 is 1.81 bits per heavy atom. The molecule has 0 aliphatic carbocycles. The molecule has 0 saturated carbocycles. The van der Waals surface area contributed by atoms with Crippen molar-refractivity contribution in [1.29, 1.82) is 0 Å². The Morgan fingerprint density at radius 3 is 2.29 bits per heavy atom. The molecule has 1 aromatic carbocycles. The van der Waals surface area contributed by atoms with Crippen LogP contribution in [-0.2, 0) is 15.1 Å². The van der Waals surface area contributed by atoms with Crippen molar-refractivity contribution in [3.8, 4) is 11.5 Å². The van der Waals surface area contributed by atoms with Crippen LogP contribution in [0, 0.1) is 0 Å². The first kappa shape index (κ1) is 16.8. The van der Waals surface area contributed by atoms with Gasteiger partial charge < -0.3 is 19.7 Å². The maximum atomic E-state index is 12.1. The number of carbonyl (C=O) groups excluding carboxylic acids is 2. The number of aldehydes is 1. The normalized spacial score (nSPS) is 14.1. The van der Waals surface area contributed by atoms with Gasteiger partial charge in [-0.3, -0.25) is 4.90 Å². The molecule has 1 amide bonds. The van der Waals surface area contributed by atoms with E-state index in [1.54, 1.807) is 20.8 Å². The summed E-state index contributed by atoms with van der Waals surface area (Å²) in [5.41, 5.74) is -2.06. The molecule has 0 bridgehead atoms. The number of benzene rings is 1. The summed E-state index contributed by atoms with van der Waals surface area (Å²) in [5, 5.41) is 19.5. The van der Waals surface area contributed by atoms with Crippen LogP contribution in [0.25, 0.3) is 0 Å². The maximum absolute atomic E-state index is 12.1. The van der Waals surface area contributed by atoms with E-state index in [-0.39, 0.29) is 17.1 Å². The van der Waals surface area contributed by atoms with Gasteiger partial charge >= 0.3 is 6.09 Å². The summed E-state index contributed by atoms with van der Waals surface area (Å²) in [6.45, 7) is 6.59. The van der Waals surface area contributed by atoms with Gasteiger partial charge in [0.15, 0.2) is 0 Å². The summed E-state index contributed by atoms with van der Waals surface area (Å²) >= 11 is 0. The highest BCUT2D eigenvalue weighted by atomic mass is 16.6. The molecule has 2 N–H and O–H groups in total. The Morgan fingerprint density at radius 1 is 1.24 bits per heavy atom. The van der Waals surface area contributed by atoms with Gasteiger partial charge in [0.2, 0.25) is 0 Å². The minimum atomic E-state index is -1.47. The second-order valence-electron chi connectivity index (χ2n) is 6.01. The number of rotatable bonds is 3. The summed E-state index contributed by atoms with van der Waals surface area (Å²) in [6.07, 6.45) is -0.189. The molecule has 0 aromatic heterocycles. The van der Waals surface area contributed by atoms with Crippen LogP contribution in [0.2, 0.25) is 0 Å². The Hall–Kier alpha value is -2.24. The topological polar surface area (TPSA) is 87.1 Å². The highest BCUT2D eigenvalue weighted by Crippen LogP contribution is 2.35. The van der Waals surface area contributed by atoms with Crippen molar-refractivity contribution in [3.63, 3.8) is 0 Å². The number of nitrogens with zero attached hydrogens (tertiary/aromatic N) is 1. The Kier molecular flexibility index (Phi) is 4.51. The first-order chi connectivity index (χ1) is 9.51. The number of amides is 1. The van der Waals surface area contributed by atoms with E-state index in [0.29, 0.717) is 6.29 Å². The van der Waals surface area contributed by atoms with Crippen LogP contribution < -0.4 is 0 Å². The third-order valence-electron chi connectivity index (χ3n) is 3.12. The first-order valence-corrected chi connectivity index (χ1v) is 6.47. The molecule has 0 saturated heterocycles. The van der Waals surface area contributed by atoms with E-state index in [2.05, 4.69) is 0 Å². The summed E-state index contributed by atoms with van der Waals surface area (Å²) in [4.78, 5) is 24.8. The molecule has 6 nitrogen and oxygen atoms in total. The van der Waals surface area contributed by atoms with E-state index in [0.717, 1.165) is 4.90 Å². The Labute approximate surface area is 124 Å². The molecule has 1 rings (SSSR count). The van der Waals surface area contributed by atoms with Crippen LogP contribution >= 0.6 is 0 Å². The average Bonchev–Trinajstić information content (AvgIpc) is 2.37. The maximum Gasteiger partial charge on any atom is 0.411 e. The largest absolute Gasteiger partial charge is 0.508 e. The van der Waals surface area contributed by atoms with E-state index >= 15 is 0 Å². The highest BCUT2D eigenvalue weighted by Gasteiger charge is 2.38. The Balaban J connectivity index is 3.23. The summed E-state index contributed by atoms with van der Waals surface area (Å²) in [6, 6.07) is 3.79. The number of aromatic hydroxyl groups is 2. The molecular weight excluding hydrogens is 274 g/mol. The van der Waals surface area contributed by atoms with Crippen LogP contribution in [0.1, 0.15) is 33.3 Å². The standard InChI is InChI=1S/C15H21NO5/c1-14(2,3)21-13(20)16(5)15(4,9-17)11-8-10(18)6-7-12(11)19/h6-9,18-19H,1-5H3. The van der Waals surface area contributed by atoms with Crippen LogP contribution in [0.3, 0.4) is 0 Å². The third-order valence-corrected chi connectivity index (χ3v) is 3.12. The lowest BCUT2D eigenvalue weighted by molar-refractivity contribution is -0.117. The predicted molar refractivity (Wildman–Crippen MR) is 77.2 cm³/mol. The first-order valence-electron chi connectivity index (χ1n) is 6.47. The molecule has 0 fully saturated rings. The number of carbonyl (C=O) groups is 2. The molecule has 1 aromatic rings. The molecular formula is C15H21NO5. The molecule has 1 unspecified atom stereocenters. The van der Waals surface area contributed by atoms with E-state index in [4.69, 9.17) is 4.74 Å². The minimum absolute atomic E-state index is 0.117. The van der Waals surface area contributed by atoms with Gasteiger partial charge in [0, 0.05) is 12.6 Å². The number of phenols is 2. The van der Waals surface area contributed by atoms with Gasteiger partial charge in [0.25, 0.3) is 0 Å². The fourth-order valence-corrected chi connectivity index (χ4v) is 1.77. The van der Waals surface area contributed by atoms with Gasteiger partial charge in [-0.25, -0.2) is 4.79 Å². The quantitative estimate of drug-likeness (QED) is 0.660. The van der Waals surface area contributed by atoms with Crippen LogP contribution in [0.5, 0.6) is 11.5 Å². The third kappa shape index (κ3) is 3.65. The van der Waals surface area contributed by atoms with Crippen molar-refractivity contribution in [3.05, 3.63) is 23.8 Å². The van der Waals surface area contributed by atoms with Gasteiger partial charge in [-0.2, -0.15) is 0 Å². The zero-order valence-corrected chi connectivity index (χ0v) is 12.9. The van der Waals surface area contributed by atoms with Crippen molar-refractivity contribution in [1.82, 2.24) is 4.90 Å². The summed E-state index contributed by atoms with van der Waals surface area (Å²) < 4.78 is 5.22. The van der Waals surface area contributed by atoms with Crippen molar-refractivity contribution >= 4 is 12.4 Å². The summed E-state index contributed by atoms with van der Waals surface area (Å²) in [5.74, 6) is -0.314. The fourth-order valence-electron chi connectivity index (χ4n) is 1.77. The molecule has 0 aliphatic rings. The molecule has 0 spiro atoms. The fraction of sp³-hybridized carbons (Fsp3) is 0.467. The summed E-state index contributed by atoms with van der Waals surface area (Å²) in [7, 11) is 1.39. The number of hydrogen-bond donors (Lipinski definition) is 2. The van der Waals surface area contributed by atoms with Crippen molar-refractivity contribution in [2.45, 2.75) is 38.8 Å². The molecule has 0 aliphatic heterocycles. The predicted octanol–water partition coefficient (Wildman–Crippen LogP) is 2.38. The molecule has 6 heteroatoms. The van der Waals surface area contributed by atoms with Gasteiger partial charge in [0.05, 0.1) is 0 Å². The molecule has 0 heterocycles. The van der Waals surface area contributed by atoms with Crippen molar-refractivity contribution < 1.29 is 24.5 Å². The van der Waals surface area contributed by atoms with Gasteiger partial charge in [-0.1, -0.05) is 0 Å². The monoisotopic (exact) mass is 295 g/mol. The average molecular weight is 295 g/mol. The van der Waals surface area contributed by atoms with Gasteiger partial charge in [0.1, 0.15) is 28.9 Å². The van der Waals surface area contributed by atoms with E-state index in [9.17, 15) is 19.8 Å². The zero-order valence-electron chi connectivity index (χ0n) is 12.9. The number of phenolic OH excluding ortho intramolecular Hbond substituents is 2. The molecule has 0 radical (unpaired) electrons. The Bertz CT molecular complexity index is 549. The van der Waals surface area contributed by atoms with Crippen molar-refractivity contribution in [2.75, 3.05) is 7.05 Å². The van der Waals surface area contributed by atoms with Crippen LogP contribution in [-0.4, -0.2) is 40.1 Å². The highest BCUT2D eigenvalue weighted by molar-refractivity contribution is 5.79. The van der Waals surface area contributed by atoms with Gasteiger partial charge in [-0.05, 0) is 45.9 Å². The van der Waals surface area contributed by atoms with Crippen LogP contribution in [0.15, 0.2) is 18.2 Å². The lowest BCUT2D eigenvalue weighted by Crippen LogP contribution is -2.48. The lowest BCUT2D eigenvalue weighted by Gasteiger charge is -2.36. The van der Waals surface area contributed by atoms with Crippen LogP contribution in [0.4, 0.5) is 4.79 Å². The molecule has 1 atom stereocenters. The number of likely N-dealkylation sites (N-methyl/N-ethyl adjacent to an activating group) is 1. The van der Waals surface area contributed by atoms with Gasteiger partial charge in [-0.15, -0.1) is 0 Å². The number of ether oxygens (including phenoxy) is 1. The minimum Gasteiger partial charge on any atom is -0.508 e. The second-order valence-corrected chi connectivity index (χ2v) is 6.01. The number of hydrogen-bond acceptors (Lipinski definition) is 5. The van der Waals surface area contributed by atoms with E-state index in [1.807, 2.05) is 0 Å². The van der Waals surface area contributed by atoms with E-state index in [1.165, 1.54) is 32.2 Å². The SMILES string of the molecule is CN(C(=O)OC(C)(C)C)C(C)(C=O)c1cc(O)ccc1O. The smallest absolute Gasteiger partial charge is 0.411 e. The lowest BCUT2D eigenvalue weighted by atomic mass is 9.91.